The quantitative estimate of drug-likeness (QED) is 0.130. The molecule has 0 aliphatic carbocycles. The van der Waals surface area contributed by atoms with Crippen molar-refractivity contribution in [1.29, 1.82) is 0 Å². The van der Waals surface area contributed by atoms with Gasteiger partial charge in [-0.2, -0.15) is 4.98 Å². The summed E-state index contributed by atoms with van der Waals surface area (Å²) >= 11 is 0. The van der Waals surface area contributed by atoms with E-state index in [1.54, 1.807) is 24.3 Å². The van der Waals surface area contributed by atoms with Crippen LogP contribution in [0.3, 0.4) is 0 Å². The van der Waals surface area contributed by atoms with Crippen molar-refractivity contribution >= 4 is 18.9 Å². The Bertz CT molecular complexity index is 1110. The van der Waals surface area contributed by atoms with Crippen LogP contribution in [-0.4, -0.2) is 69.5 Å². The Morgan fingerprint density at radius 3 is 2.43 bits per heavy atom. The number of phosphoric acid groups is 1. The Kier molecular flexibility index (Phi) is 8.04. The molecule has 3 atom stereocenters. The van der Waals surface area contributed by atoms with Gasteiger partial charge < -0.3 is 34.8 Å². The first-order chi connectivity index (χ1) is 13.6. The summed E-state index contributed by atoms with van der Waals surface area (Å²) in [7, 11) is -4.88. The molecule has 1 aromatic carbocycles. The number of hydrogen-bond acceptors (Lipinski definition) is 10. The predicted octanol–water partition coefficient (Wildman–Crippen LogP) is -5.44. The molecule has 3 rings (SSSR count). The van der Waals surface area contributed by atoms with Crippen molar-refractivity contribution in [3.8, 4) is 17.4 Å². The van der Waals surface area contributed by atoms with E-state index in [1.165, 1.54) is 4.57 Å². The summed E-state index contributed by atoms with van der Waals surface area (Å²) in [4.78, 5) is 39.9. The van der Waals surface area contributed by atoms with Crippen molar-refractivity contribution in [3.63, 3.8) is 0 Å². The normalized spacial score (nSPS) is 15.0. The number of aliphatic hydroxyl groups excluding tert-OH is 3. The summed E-state index contributed by atoms with van der Waals surface area (Å²) in [5.74, 6) is -1.09. The van der Waals surface area contributed by atoms with Gasteiger partial charge in [0.25, 0.3) is 0 Å². The molecule has 0 aromatic heterocycles. The summed E-state index contributed by atoms with van der Waals surface area (Å²) in [6, 6.07) is 6.43. The number of hydrogen-bond donors (Lipinski definition) is 5. The van der Waals surface area contributed by atoms with Crippen LogP contribution < -0.4 is 40.4 Å². The van der Waals surface area contributed by atoms with Gasteiger partial charge >= 0.3 is 43.1 Å². The van der Waals surface area contributed by atoms with Gasteiger partial charge in [-0.1, -0.05) is 12.1 Å². The number of aliphatic hydroxyl groups is 3. The molecule has 2 heterocycles. The van der Waals surface area contributed by atoms with Crippen LogP contribution >= 0.6 is 7.82 Å². The van der Waals surface area contributed by atoms with Gasteiger partial charge in [0.15, 0.2) is 5.82 Å². The summed E-state index contributed by atoms with van der Waals surface area (Å²) in [5.41, 5.74) is -0.593. The number of benzene rings is 1. The molecule has 30 heavy (non-hydrogen) atoms. The zero-order chi connectivity index (χ0) is 21.3. The third-order valence-corrected chi connectivity index (χ3v) is 4.53. The van der Waals surface area contributed by atoms with Crippen molar-refractivity contribution in [2.75, 3.05) is 6.61 Å². The topological polar surface area (TPSA) is 211 Å². The molecule has 2 aliphatic rings. The Labute approximate surface area is 190 Å². The van der Waals surface area contributed by atoms with Crippen molar-refractivity contribution in [2.24, 2.45) is 0 Å². The van der Waals surface area contributed by atoms with E-state index in [0.717, 1.165) is 0 Å². The first-order valence-corrected chi connectivity index (χ1v) is 9.68. The molecular weight excluding hydrogens is 434 g/mol. The standard InChI is InChI=1S/C15H17N4O9P.Na/c20-9(12(22)10(21)6-28-29(25,26)27)5-19-8-4-2-1-3-7(8)16-11-13(19)17-15(24)18-14(11)23;/h1-4,9-10,12,20-22H,5-6H2,(H,18,23,24)(H2,25,26,27);/q;+1/p-1. The number of para-hydroxylation sites is 2. The fourth-order valence-electron chi connectivity index (χ4n) is 2.72. The fourth-order valence-corrected chi connectivity index (χ4v) is 3.07. The van der Waals surface area contributed by atoms with E-state index in [1.807, 2.05) is 0 Å². The zero-order valence-corrected chi connectivity index (χ0v) is 18.5. The van der Waals surface area contributed by atoms with Crippen LogP contribution in [0.4, 0.5) is 0 Å². The molecule has 0 radical (unpaired) electrons. The molecular formula is C15H16N4NaO9P. The molecule has 2 aliphatic heterocycles. The SMILES string of the molecule is O=c1nc([O-])c2nc3ccccc3n(CC(O)C(O)C(O)COP(=O)(O)O)c-2n1.[Na+]. The second-order valence-electron chi connectivity index (χ2n) is 6.11. The van der Waals surface area contributed by atoms with Gasteiger partial charge in [-0.3, -0.25) is 4.52 Å². The van der Waals surface area contributed by atoms with Crippen LogP contribution in [0.5, 0.6) is 5.88 Å². The third kappa shape index (κ3) is 5.59. The molecule has 0 fully saturated rings. The average molecular weight is 450 g/mol. The molecule has 3 unspecified atom stereocenters. The maximum Gasteiger partial charge on any atom is 1.00 e. The van der Waals surface area contributed by atoms with E-state index in [2.05, 4.69) is 19.5 Å². The molecule has 156 valence electrons. The minimum Gasteiger partial charge on any atom is -0.857 e. The molecule has 13 nitrogen and oxygen atoms in total. The summed E-state index contributed by atoms with van der Waals surface area (Å²) in [6.45, 7) is -1.38. The summed E-state index contributed by atoms with van der Waals surface area (Å²) < 4.78 is 16.1. The number of nitrogens with zero attached hydrogens (tertiary/aromatic N) is 4. The van der Waals surface area contributed by atoms with Gasteiger partial charge in [-0.15, -0.1) is 0 Å². The number of fused-ring (bicyclic) bond motifs is 2. The van der Waals surface area contributed by atoms with E-state index in [9.17, 15) is 29.8 Å². The van der Waals surface area contributed by atoms with E-state index < -0.39 is 50.9 Å². The monoisotopic (exact) mass is 450 g/mol. The smallest absolute Gasteiger partial charge is 0.857 e. The number of rotatable bonds is 7. The molecule has 5 N–H and O–H groups in total. The van der Waals surface area contributed by atoms with Gasteiger partial charge in [-0.25, -0.2) is 19.3 Å². The van der Waals surface area contributed by atoms with Crippen LogP contribution in [-0.2, 0) is 15.6 Å². The predicted molar refractivity (Wildman–Crippen MR) is 93.7 cm³/mol. The van der Waals surface area contributed by atoms with Crippen LogP contribution in [0.15, 0.2) is 29.1 Å². The van der Waals surface area contributed by atoms with Crippen LogP contribution in [0, 0.1) is 0 Å². The van der Waals surface area contributed by atoms with Crippen molar-refractivity contribution in [1.82, 2.24) is 19.5 Å². The van der Waals surface area contributed by atoms with E-state index in [-0.39, 0.29) is 41.1 Å². The Balaban J connectivity index is 0.00000320. The van der Waals surface area contributed by atoms with Crippen LogP contribution in [0.1, 0.15) is 0 Å². The van der Waals surface area contributed by atoms with Crippen LogP contribution in [0.25, 0.3) is 22.6 Å². The Morgan fingerprint density at radius 1 is 1.10 bits per heavy atom. The first kappa shape index (κ1) is 24.8. The van der Waals surface area contributed by atoms with Crippen molar-refractivity contribution < 1.29 is 68.9 Å². The number of aromatic nitrogens is 4. The van der Waals surface area contributed by atoms with E-state index >= 15 is 0 Å². The minimum absolute atomic E-state index is 0. The van der Waals surface area contributed by atoms with E-state index in [4.69, 9.17) is 9.79 Å². The fraction of sp³-hybridized carbons (Fsp3) is 0.333. The van der Waals surface area contributed by atoms with Gasteiger partial charge in [0.2, 0.25) is 0 Å². The molecule has 0 saturated carbocycles. The zero-order valence-electron chi connectivity index (χ0n) is 15.6. The van der Waals surface area contributed by atoms with Gasteiger partial charge in [0.1, 0.15) is 24.0 Å². The number of phosphoric ester groups is 1. The average Bonchev–Trinajstić information content (AvgIpc) is 2.65. The first-order valence-electron chi connectivity index (χ1n) is 8.15. The molecule has 0 amide bonds. The molecule has 0 bridgehead atoms. The Hall–Kier alpha value is -1.51. The maximum absolute atomic E-state index is 12.0. The minimum atomic E-state index is -4.88. The molecule has 15 heteroatoms. The van der Waals surface area contributed by atoms with Gasteiger partial charge in [-0.05, 0) is 12.1 Å². The van der Waals surface area contributed by atoms with Gasteiger partial charge in [0.05, 0.1) is 24.2 Å². The van der Waals surface area contributed by atoms with Crippen LogP contribution in [0.2, 0.25) is 0 Å². The van der Waals surface area contributed by atoms with Crippen molar-refractivity contribution in [2.45, 2.75) is 24.9 Å². The molecule has 0 saturated heterocycles. The maximum atomic E-state index is 12.0. The largest absolute Gasteiger partial charge is 1.00 e. The van der Waals surface area contributed by atoms with Gasteiger partial charge in [0, 0.05) is 5.88 Å². The molecule has 1 aromatic rings. The van der Waals surface area contributed by atoms with E-state index in [0.29, 0.717) is 11.0 Å². The van der Waals surface area contributed by atoms with Crippen molar-refractivity contribution in [3.05, 3.63) is 34.7 Å². The third-order valence-electron chi connectivity index (χ3n) is 4.05. The summed E-state index contributed by atoms with van der Waals surface area (Å²) in [5, 5.41) is 42.3. The second-order valence-corrected chi connectivity index (χ2v) is 7.35. The Morgan fingerprint density at radius 2 is 1.77 bits per heavy atom. The summed E-state index contributed by atoms with van der Waals surface area (Å²) in [6.07, 6.45) is -5.40. The molecule has 0 spiro atoms. The second kappa shape index (κ2) is 9.75.